The lowest BCUT2D eigenvalue weighted by Crippen LogP contribution is -2.01. The van der Waals surface area contributed by atoms with Crippen molar-refractivity contribution in [1.29, 1.82) is 0 Å². The molecule has 0 bridgehead atoms. The number of hydrogen-bond acceptors (Lipinski definition) is 5. The summed E-state index contributed by atoms with van der Waals surface area (Å²) in [5, 5.41) is 20.7. The lowest BCUT2D eigenvalue weighted by molar-refractivity contribution is -0.385. The van der Waals surface area contributed by atoms with E-state index in [1.165, 1.54) is 36.5 Å². The first-order valence-corrected chi connectivity index (χ1v) is 6.50. The van der Waals surface area contributed by atoms with E-state index in [9.17, 15) is 24.0 Å². The van der Waals surface area contributed by atoms with E-state index in [4.69, 9.17) is 11.6 Å². The van der Waals surface area contributed by atoms with Gasteiger partial charge in [0.05, 0.1) is 10.6 Å². The smallest absolute Gasteiger partial charge is 0.387 e. The van der Waals surface area contributed by atoms with Gasteiger partial charge < -0.3 is 9.84 Å². The Balaban J connectivity index is 2.25. The summed E-state index contributed by atoms with van der Waals surface area (Å²) < 4.78 is 28.2. The van der Waals surface area contributed by atoms with Gasteiger partial charge in [0.1, 0.15) is 5.75 Å². The third kappa shape index (κ3) is 4.36. The molecule has 0 atom stereocenters. The molecular weight excluding hydrogens is 334 g/mol. The molecule has 0 aliphatic carbocycles. The number of ether oxygens (including phenoxy) is 1. The summed E-state index contributed by atoms with van der Waals surface area (Å²) in [6.07, 6.45) is 1.18. The Morgan fingerprint density at radius 2 is 1.96 bits per heavy atom. The van der Waals surface area contributed by atoms with Crippen molar-refractivity contribution in [1.82, 2.24) is 0 Å². The fraction of sp³-hybridized carbons (Fsp3) is 0.0714. The Hall–Kier alpha value is -2.74. The van der Waals surface area contributed by atoms with Gasteiger partial charge in [-0.25, -0.2) is 0 Å². The van der Waals surface area contributed by atoms with E-state index in [1.54, 1.807) is 0 Å². The number of phenolic OH excluding ortho intramolecular Hbond substituents is 1. The van der Waals surface area contributed by atoms with Crippen molar-refractivity contribution in [3.63, 3.8) is 0 Å². The van der Waals surface area contributed by atoms with E-state index in [2.05, 4.69) is 9.73 Å². The molecule has 9 heteroatoms. The summed E-state index contributed by atoms with van der Waals surface area (Å²) in [4.78, 5) is 14.0. The fourth-order valence-corrected chi connectivity index (χ4v) is 1.92. The molecule has 0 aromatic heterocycles. The van der Waals surface area contributed by atoms with Crippen LogP contribution < -0.4 is 4.74 Å². The van der Waals surface area contributed by atoms with Gasteiger partial charge in [-0.3, -0.25) is 15.1 Å². The van der Waals surface area contributed by atoms with Crippen LogP contribution in [0.15, 0.2) is 41.4 Å². The highest BCUT2D eigenvalue weighted by Crippen LogP contribution is 2.32. The highest BCUT2D eigenvalue weighted by atomic mass is 35.5. The SMILES string of the molecule is O=[N+]([O-])c1cc(Cl)cc(C=Nc2ccc(OC(F)F)cc2)c1O. The topological polar surface area (TPSA) is 85.0 Å². The van der Waals surface area contributed by atoms with E-state index in [0.717, 1.165) is 6.07 Å². The summed E-state index contributed by atoms with van der Waals surface area (Å²) in [6, 6.07) is 7.72. The molecule has 0 spiro atoms. The number of rotatable bonds is 5. The molecule has 2 rings (SSSR count). The highest BCUT2D eigenvalue weighted by molar-refractivity contribution is 6.31. The molecule has 0 amide bonds. The van der Waals surface area contributed by atoms with Crippen molar-refractivity contribution >= 4 is 29.2 Å². The van der Waals surface area contributed by atoms with Crippen LogP contribution in [-0.2, 0) is 0 Å². The molecule has 0 unspecified atom stereocenters. The van der Waals surface area contributed by atoms with Crippen molar-refractivity contribution in [2.45, 2.75) is 6.61 Å². The number of alkyl halides is 2. The van der Waals surface area contributed by atoms with Crippen LogP contribution in [0, 0.1) is 10.1 Å². The van der Waals surface area contributed by atoms with E-state index in [0.29, 0.717) is 5.69 Å². The zero-order valence-electron chi connectivity index (χ0n) is 11.3. The van der Waals surface area contributed by atoms with Gasteiger partial charge in [0.2, 0.25) is 5.75 Å². The maximum absolute atomic E-state index is 12.0. The molecule has 2 aromatic rings. The standard InChI is InChI=1S/C14H9ClF2N2O4/c15-9-5-8(13(20)12(6-9)19(21)22)7-18-10-1-3-11(4-2-10)23-14(16)17/h1-7,14,20H. The monoisotopic (exact) mass is 342 g/mol. The van der Waals surface area contributed by atoms with Crippen LogP contribution in [0.1, 0.15) is 5.56 Å². The first kappa shape index (κ1) is 16.6. The van der Waals surface area contributed by atoms with Crippen molar-refractivity contribution in [2.24, 2.45) is 4.99 Å². The van der Waals surface area contributed by atoms with Gasteiger partial charge in [-0.05, 0) is 30.3 Å². The van der Waals surface area contributed by atoms with Gasteiger partial charge in [-0.1, -0.05) is 11.6 Å². The number of aromatic hydroxyl groups is 1. The first-order valence-electron chi connectivity index (χ1n) is 6.12. The number of aliphatic imine (C=N–C) groups is 1. The number of nitro groups is 1. The second-order valence-electron chi connectivity index (χ2n) is 4.25. The molecule has 0 saturated heterocycles. The van der Waals surface area contributed by atoms with E-state index in [1.807, 2.05) is 0 Å². The lowest BCUT2D eigenvalue weighted by Gasteiger charge is -2.04. The maximum atomic E-state index is 12.0. The molecule has 2 aromatic carbocycles. The molecule has 0 radical (unpaired) electrons. The largest absolute Gasteiger partial charge is 0.502 e. The van der Waals surface area contributed by atoms with Crippen LogP contribution in [0.4, 0.5) is 20.2 Å². The second kappa shape index (κ2) is 7.01. The minimum Gasteiger partial charge on any atom is -0.502 e. The van der Waals surface area contributed by atoms with Gasteiger partial charge in [-0.2, -0.15) is 8.78 Å². The van der Waals surface area contributed by atoms with E-state index < -0.39 is 23.0 Å². The fourth-order valence-electron chi connectivity index (χ4n) is 1.70. The van der Waals surface area contributed by atoms with Gasteiger partial charge >= 0.3 is 12.3 Å². The predicted octanol–water partition coefficient (Wildman–Crippen LogP) is 4.31. The summed E-state index contributed by atoms with van der Waals surface area (Å²) in [5.74, 6) is -0.596. The van der Waals surface area contributed by atoms with Crippen molar-refractivity contribution < 1.29 is 23.5 Å². The normalized spacial score (nSPS) is 11.1. The van der Waals surface area contributed by atoms with Crippen LogP contribution in [0.3, 0.4) is 0 Å². The highest BCUT2D eigenvalue weighted by Gasteiger charge is 2.17. The minimum atomic E-state index is -2.92. The minimum absolute atomic E-state index is 0.0276. The second-order valence-corrected chi connectivity index (χ2v) is 4.69. The van der Waals surface area contributed by atoms with Gasteiger partial charge in [0.25, 0.3) is 0 Å². The number of nitro benzene ring substituents is 1. The Labute approximate surface area is 133 Å². The molecule has 0 fully saturated rings. The quantitative estimate of drug-likeness (QED) is 0.498. The number of hydrogen-bond donors (Lipinski definition) is 1. The number of phenols is 1. The Morgan fingerprint density at radius 3 is 2.52 bits per heavy atom. The number of halogens is 3. The van der Waals surface area contributed by atoms with Crippen LogP contribution in [0.25, 0.3) is 0 Å². The van der Waals surface area contributed by atoms with Gasteiger partial charge in [0.15, 0.2) is 0 Å². The Bertz CT molecular complexity index is 751. The molecule has 23 heavy (non-hydrogen) atoms. The Morgan fingerprint density at radius 1 is 1.30 bits per heavy atom. The van der Waals surface area contributed by atoms with Crippen LogP contribution in [0.2, 0.25) is 5.02 Å². The van der Waals surface area contributed by atoms with Gasteiger partial charge in [-0.15, -0.1) is 0 Å². The molecule has 120 valence electrons. The molecular formula is C14H9ClF2N2O4. The number of nitrogens with zero attached hydrogens (tertiary/aromatic N) is 2. The molecule has 0 heterocycles. The van der Waals surface area contributed by atoms with E-state index >= 15 is 0 Å². The summed E-state index contributed by atoms with van der Waals surface area (Å²) >= 11 is 5.75. The zero-order chi connectivity index (χ0) is 17.0. The molecule has 0 saturated carbocycles. The summed E-state index contributed by atoms with van der Waals surface area (Å²) in [6.45, 7) is -2.92. The summed E-state index contributed by atoms with van der Waals surface area (Å²) in [5.41, 5.74) is -0.120. The van der Waals surface area contributed by atoms with Gasteiger partial charge in [0, 0.05) is 22.9 Å². The predicted molar refractivity (Wildman–Crippen MR) is 80.1 cm³/mol. The van der Waals surface area contributed by atoms with Crippen molar-refractivity contribution in [2.75, 3.05) is 0 Å². The van der Waals surface area contributed by atoms with Crippen LogP contribution in [-0.4, -0.2) is 22.9 Å². The van der Waals surface area contributed by atoms with E-state index in [-0.39, 0.29) is 16.3 Å². The van der Waals surface area contributed by atoms with Crippen LogP contribution >= 0.6 is 11.6 Å². The molecule has 0 aliphatic rings. The molecule has 0 aliphatic heterocycles. The van der Waals surface area contributed by atoms with Crippen molar-refractivity contribution in [3.05, 3.63) is 57.1 Å². The summed E-state index contributed by atoms with van der Waals surface area (Å²) in [7, 11) is 0. The maximum Gasteiger partial charge on any atom is 0.387 e. The molecule has 1 N–H and O–H groups in total. The molecule has 6 nitrogen and oxygen atoms in total. The first-order chi connectivity index (χ1) is 10.9. The van der Waals surface area contributed by atoms with Crippen LogP contribution in [0.5, 0.6) is 11.5 Å². The zero-order valence-corrected chi connectivity index (χ0v) is 12.1. The Kier molecular flexibility index (Phi) is 5.07. The average Bonchev–Trinajstić information content (AvgIpc) is 2.48. The third-order valence-electron chi connectivity index (χ3n) is 2.70. The third-order valence-corrected chi connectivity index (χ3v) is 2.91. The van der Waals surface area contributed by atoms with Crippen molar-refractivity contribution in [3.8, 4) is 11.5 Å². The number of benzene rings is 2. The lowest BCUT2D eigenvalue weighted by atomic mass is 10.2. The average molecular weight is 343 g/mol.